The summed E-state index contributed by atoms with van der Waals surface area (Å²) in [6.45, 7) is 0.646. The largest absolute Gasteiger partial charge is 0.483 e. The molecule has 18 heavy (non-hydrogen) atoms. The molecule has 2 rings (SSSR count). The van der Waals surface area contributed by atoms with Gasteiger partial charge in [-0.2, -0.15) is 0 Å². The van der Waals surface area contributed by atoms with Gasteiger partial charge in [-0.05, 0) is 32.0 Å². The molecule has 0 unspecified atom stereocenters. The van der Waals surface area contributed by atoms with Crippen molar-refractivity contribution in [2.24, 2.45) is 0 Å². The van der Waals surface area contributed by atoms with E-state index >= 15 is 0 Å². The zero-order valence-corrected chi connectivity index (χ0v) is 11.1. The van der Waals surface area contributed by atoms with E-state index in [1.54, 1.807) is 0 Å². The summed E-state index contributed by atoms with van der Waals surface area (Å²) in [5.41, 5.74) is 0.876. The van der Waals surface area contributed by atoms with Gasteiger partial charge in [0, 0.05) is 23.2 Å². The highest BCUT2D eigenvalue weighted by Gasteiger charge is 2.23. The van der Waals surface area contributed by atoms with E-state index in [0.717, 1.165) is 18.4 Å². The van der Waals surface area contributed by atoms with Crippen molar-refractivity contribution in [2.75, 3.05) is 13.7 Å². The zero-order valence-electron chi connectivity index (χ0n) is 10.3. The summed E-state index contributed by atoms with van der Waals surface area (Å²) in [4.78, 5) is 11.5. The van der Waals surface area contributed by atoms with E-state index in [4.69, 9.17) is 16.3 Å². The van der Waals surface area contributed by atoms with Gasteiger partial charge >= 0.3 is 0 Å². The number of carbonyl (C=O) groups excluding carboxylic acids is 1. The van der Waals surface area contributed by atoms with Crippen molar-refractivity contribution >= 4 is 17.5 Å². The number of halogens is 1. The van der Waals surface area contributed by atoms with Crippen LogP contribution in [0.3, 0.4) is 0 Å². The summed E-state index contributed by atoms with van der Waals surface area (Å²) < 4.78 is 5.52. The molecule has 0 atom stereocenters. The predicted molar refractivity (Wildman–Crippen MR) is 70.9 cm³/mol. The van der Waals surface area contributed by atoms with Crippen LogP contribution in [0.25, 0.3) is 0 Å². The lowest BCUT2D eigenvalue weighted by Gasteiger charge is -2.12. The van der Waals surface area contributed by atoms with E-state index in [1.165, 1.54) is 0 Å². The molecule has 1 amide bonds. The highest BCUT2D eigenvalue weighted by Crippen LogP contribution is 2.26. The van der Waals surface area contributed by atoms with E-state index < -0.39 is 0 Å². The Balaban J connectivity index is 1.94. The van der Waals surface area contributed by atoms with Gasteiger partial charge in [0.1, 0.15) is 5.75 Å². The number of carbonyl (C=O) groups is 1. The Morgan fingerprint density at radius 1 is 1.50 bits per heavy atom. The molecule has 1 aromatic rings. The molecule has 0 aromatic heterocycles. The highest BCUT2D eigenvalue weighted by molar-refractivity contribution is 6.31. The van der Waals surface area contributed by atoms with Crippen LogP contribution < -0.4 is 15.4 Å². The maximum absolute atomic E-state index is 11.5. The third kappa shape index (κ3) is 3.62. The minimum atomic E-state index is -0.0760. The number of hydrogen-bond acceptors (Lipinski definition) is 3. The van der Waals surface area contributed by atoms with Crippen LogP contribution in [-0.2, 0) is 11.3 Å². The smallest absolute Gasteiger partial charge is 0.258 e. The fourth-order valence-electron chi connectivity index (χ4n) is 1.66. The Morgan fingerprint density at radius 3 is 2.94 bits per heavy atom. The SMILES string of the molecule is CNCc1c(Cl)cccc1OCC(=O)NC1CC1. The number of nitrogens with one attached hydrogen (secondary N) is 2. The van der Waals surface area contributed by atoms with Crippen molar-refractivity contribution in [3.05, 3.63) is 28.8 Å². The van der Waals surface area contributed by atoms with Crippen LogP contribution in [0.15, 0.2) is 18.2 Å². The quantitative estimate of drug-likeness (QED) is 0.826. The molecular formula is C13H17ClN2O2. The summed E-state index contributed by atoms with van der Waals surface area (Å²) in [6.07, 6.45) is 2.15. The Kier molecular flexibility index (Phi) is 4.44. The molecule has 0 spiro atoms. The summed E-state index contributed by atoms with van der Waals surface area (Å²) in [6, 6.07) is 5.81. The summed E-state index contributed by atoms with van der Waals surface area (Å²) in [7, 11) is 1.84. The average Bonchev–Trinajstić information content (AvgIpc) is 3.14. The van der Waals surface area contributed by atoms with E-state index in [9.17, 15) is 4.79 Å². The normalized spacial score (nSPS) is 14.3. The summed E-state index contributed by atoms with van der Waals surface area (Å²) >= 11 is 6.10. The first-order chi connectivity index (χ1) is 8.70. The van der Waals surface area contributed by atoms with Crippen molar-refractivity contribution in [3.63, 3.8) is 0 Å². The van der Waals surface area contributed by atoms with Gasteiger partial charge in [0.05, 0.1) is 0 Å². The molecule has 1 saturated carbocycles. The molecule has 1 aromatic carbocycles. The van der Waals surface area contributed by atoms with Crippen LogP contribution in [0.5, 0.6) is 5.75 Å². The first-order valence-corrected chi connectivity index (χ1v) is 6.42. The molecule has 1 aliphatic rings. The van der Waals surface area contributed by atoms with Gasteiger partial charge in [-0.3, -0.25) is 4.79 Å². The van der Waals surface area contributed by atoms with Gasteiger partial charge in [-0.15, -0.1) is 0 Å². The second-order valence-corrected chi connectivity index (χ2v) is 4.78. The van der Waals surface area contributed by atoms with Crippen LogP contribution in [-0.4, -0.2) is 25.6 Å². The van der Waals surface area contributed by atoms with Crippen molar-refractivity contribution in [1.29, 1.82) is 0 Å². The topological polar surface area (TPSA) is 50.4 Å². The van der Waals surface area contributed by atoms with Gasteiger partial charge < -0.3 is 15.4 Å². The predicted octanol–water partition coefficient (Wildman–Crippen LogP) is 1.72. The molecule has 0 radical (unpaired) electrons. The van der Waals surface area contributed by atoms with E-state index in [1.807, 2.05) is 25.2 Å². The third-order valence-corrected chi connectivity index (χ3v) is 3.08. The molecule has 1 fully saturated rings. The number of benzene rings is 1. The lowest BCUT2D eigenvalue weighted by molar-refractivity contribution is -0.123. The zero-order chi connectivity index (χ0) is 13.0. The molecule has 4 nitrogen and oxygen atoms in total. The summed E-state index contributed by atoms with van der Waals surface area (Å²) in [5, 5.41) is 6.55. The van der Waals surface area contributed by atoms with Gasteiger partial charge in [-0.25, -0.2) is 0 Å². The fourth-order valence-corrected chi connectivity index (χ4v) is 1.90. The standard InChI is InChI=1S/C13H17ClN2O2/c1-15-7-10-11(14)3-2-4-12(10)18-8-13(17)16-9-5-6-9/h2-4,9,15H,5-8H2,1H3,(H,16,17). The average molecular weight is 269 g/mol. The molecular weight excluding hydrogens is 252 g/mol. The second kappa shape index (κ2) is 6.07. The van der Waals surface area contributed by atoms with Gasteiger partial charge in [0.15, 0.2) is 6.61 Å². The Labute approximate surface area is 112 Å². The maximum Gasteiger partial charge on any atom is 0.258 e. The van der Waals surface area contributed by atoms with E-state index in [2.05, 4.69) is 10.6 Å². The molecule has 0 aliphatic heterocycles. The van der Waals surface area contributed by atoms with Crippen LogP contribution in [0.1, 0.15) is 18.4 Å². The van der Waals surface area contributed by atoms with Crippen molar-refractivity contribution in [3.8, 4) is 5.75 Å². The number of ether oxygens (including phenoxy) is 1. The van der Waals surface area contributed by atoms with Crippen molar-refractivity contribution in [2.45, 2.75) is 25.4 Å². The minimum Gasteiger partial charge on any atom is -0.483 e. The minimum absolute atomic E-state index is 0.0353. The Hall–Kier alpha value is -1.26. The van der Waals surface area contributed by atoms with Crippen molar-refractivity contribution < 1.29 is 9.53 Å². The van der Waals surface area contributed by atoms with Crippen LogP contribution in [0, 0.1) is 0 Å². The maximum atomic E-state index is 11.5. The number of amides is 1. The Morgan fingerprint density at radius 2 is 2.28 bits per heavy atom. The van der Waals surface area contributed by atoms with Crippen LogP contribution in [0.2, 0.25) is 5.02 Å². The Bertz CT molecular complexity index is 433. The van der Waals surface area contributed by atoms with Crippen molar-refractivity contribution in [1.82, 2.24) is 10.6 Å². The molecule has 0 heterocycles. The van der Waals surface area contributed by atoms with E-state index in [-0.39, 0.29) is 12.5 Å². The summed E-state index contributed by atoms with van der Waals surface area (Å²) in [5.74, 6) is 0.579. The second-order valence-electron chi connectivity index (χ2n) is 4.38. The third-order valence-electron chi connectivity index (χ3n) is 2.73. The first-order valence-electron chi connectivity index (χ1n) is 6.05. The molecule has 5 heteroatoms. The monoisotopic (exact) mass is 268 g/mol. The van der Waals surface area contributed by atoms with Gasteiger partial charge in [0.2, 0.25) is 0 Å². The molecule has 0 bridgehead atoms. The lowest BCUT2D eigenvalue weighted by atomic mass is 10.2. The van der Waals surface area contributed by atoms with Crippen LogP contribution in [0.4, 0.5) is 0 Å². The fraction of sp³-hybridized carbons (Fsp3) is 0.462. The van der Waals surface area contributed by atoms with E-state index in [0.29, 0.717) is 23.4 Å². The lowest BCUT2D eigenvalue weighted by Crippen LogP contribution is -2.30. The molecule has 0 saturated heterocycles. The molecule has 1 aliphatic carbocycles. The molecule has 2 N–H and O–H groups in total. The van der Waals surface area contributed by atoms with Gasteiger partial charge in [-0.1, -0.05) is 17.7 Å². The van der Waals surface area contributed by atoms with Gasteiger partial charge in [0.25, 0.3) is 5.91 Å². The first kappa shape index (κ1) is 13.2. The highest BCUT2D eigenvalue weighted by atomic mass is 35.5. The number of rotatable bonds is 6. The number of hydrogen-bond donors (Lipinski definition) is 2. The molecule has 98 valence electrons. The van der Waals surface area contributed by atoms with Crippen LogP contribution >= 0.6 is 11.6 Å².